The molecule has 2 heterocycles. The highest BCUT2D eigenvalue weighted by Crippen LogP contribution is 2.37. The number of hydrogen-bond acceptors (Lipinski definition) is 7. The van der Waals surface area contributed by atoms with Gasteiger partial charge in [-0.25, -0.2) is 9.59 Å². The third kappa shape index (κ3) is 7.38. The molecule has 1 fully saturated rings. The molecule has 3 aromatic rings. The van der Waals surface area contributed by atoms with E-state index in [-0.39, 0.29) is 30.1 Å². The van der Waals surface area contributed by atoms with E-state index in [1.54, 1.807) is 65.1 Å². The predicted octanol–water partition coefficient (Wildman–Crippen LogP) is 6.13. The molecule has 0 aromatic heterocycles. The van der Waals surface area contributed by atoms with Gasteiger partial charge in [-0.2, -0.15) is 8.42 Å². The molecule has 0 saturated carbocycles. The number of allylic oxidation sites excluding steroid dienone is 1. The second-order valence-electron chi connectivity index (χ2n) is 11.7. The Kier molecular flexibility index (Phi) is 10.4. The maximum Gasteiger partial charge on any atom is 0.338 e. The first-order valence-electron chi connectivity index (χ1n) is 15.3. The van der Waals surface area contributed by atoms with Crippen LogP contribution < -0.4 is 10.1 Å². The summed E-state index contributed by atoms with van der Waals surface area (Å²) >= 11 is 3.36. The Bertz CT molecular complexity index is 1840. The van der Waals surface area contributed by atoms with Crippen molar-refractivity contribution in [3.05, 3.63) is 104 Å². The van der Waals surface area contributed by atoms with Gasteiger partial charge in [-0.3, -0.25) is 0 Å². The molecule has 0 bridgehead atoms. The molecule has 2 atom stereocenters. The topological polar surface area (TPSA) is 124 Å². The van der Waals surface area contributed by atoms with Gasteiger partial charge in [-0.05, 0) is 93.1 Å². The fourth-order valence-corrected chi connectivity index (χ4v) is 7.96. The molecular weight excluding hydrogens is 686 g/mol. The lowest BCUT2D eigenvalue weighted by molar-refractivity contribution is -0.141. The lowest BCUT2D eigenvalue weighted by atomic mass is 10.0. The number of sulfonamides is 1. The summed E-state index contributed by atoms with van der Waals surface area (Å²) in [6.45, 7) is 7.17. The molecule has 3 aromatic carbocycles. The summed E-state index contributed by atoms with van der Waals surface area (Å²) < 4.78 is 49.9. The molecular formula is C35H38BrN3O7S. The average Bonchev–Trinajstić information content (AvgIpc) is 3.46. The first kappa shape index (κ1) is 34.2. The van der Waals surface area contributed by atoms with Crippen molar-refractivity contribution in [1.29, 1.82) is 0 Å². The van der Waals surface area contributed by atoms with E-state index in [1.165, 1.54) is 0 Å². The van der Waals surface area contributed by atoms with Crippen LogP contribution in [0.1, 0.15) is 58.8 Å². The number of ether oxygens (including phenoxy) is 3. The number of nitrogens with zero attached hydrogens (tertiary/aromatic N) is 2. The number of guanidine groups is 1. The lowest BCUT2D eigenvalue weighted by Gasteiger charge is -2.38. The summed E-state index contributed by atoms with van der Waals surface area (Å²) in [6, 6.07) is 17.2. The summed E-state index contributed by atoms with van der Waals surface area (Å²) in [5.74, 6) is -0.240. The molecule has 10 nitrogen and oxygen atoms in total. The van der Waals surface area contributed by atoms with Gasteiger partial charge in [-0.1, -0.05) is 46.3 Å². The smallest absolute Gasteiger partial charge is 0.338 e. The minimum atomic E-state index is -4.21. The molecule has 5 rings (SSSR count). The van der Waals surface area contributed by atoms with Crippen molar-refractivity contribution in [3.8, 4) is 5.75 Å². The third-order valence-corrected chi connectivity index (χ3v) is 10.7. The van der Waals surface area contributed by atoms with Crippen LogP contribution >= 0.6 is 15.9 Å². The minimum Gasteiger partial charge on any atom is -0.496 e. The molecule has 0 spiro atoms. The van der Waals surface area contributed by atoms with E-state index in [2.05, 4.69) is 25.6 Å². The van der Waals surface area contributed by atoms with Crippen molar-refractivity contribution >= 4 is 43.9 Å². The summed E-state index contributed by atoms with van der Waals surface area (Å²) in [6.07, 6.45) is 1.56. The Hall–Kier alpha value is -4.16. The fourth-order valence-electron chi connectivity index (χ4n) is 6.23. The summed E-state index contributed by atoms with van der Waals surface area (Å²) in [7, 11) is -2.67. The third-order valence-electron chi connectivity index (χ3n) is 8.64. The molecule has 2 aliphatic heterocycles. The summed E-state index contributed by atoms with van der Waals surface area (Å²) in [5, 5.41) is 3.12. The zero-order valence-corrected chi connectivity index (χ0v) is 29.4. The molecule has 0 unspecified atom stereocenters. The number of aryl methyl sites for hydroxylation is 1. The van der Waals surface area contributed by atoms with Crippen LogP contribution in [0.25, 0.3) is 0 Å². The maximum absolute atomic E-state index is 14.0. The fraction of sp³-hybridized carbons (Fsp3) is 0.343. The van der Waals surface area contributed by atoms with Gasteiger partial charge in [0.25, 0.3) is 10.0 Å². The molecule has 47 heavy (non-hydrogen) atoms. The SMILES string of the molecule is COc1cc(C)c(S(=O)(=O)/N=C2\NC(C)=C(C(=O)OCc3ccccc3)[C@@H]3CC[C@@H](CCOC(=O)c4ccc(Br)cc4)N23)c(C)c1C. The van der Waals surface area contributed by atoms with Crippen LogP contribution in [0.15, 0.2) is 85.7 Å². The van der Waals surface area contributed by atoms with Gasteiger partial charge in [0, 0.05) is 22.6 Å². The second-order valence-corrected chi connectivity index (χ2v) is 14.1. The number of benzene rings is 3. The quantitative estimate of drug-likeness (QED) is 0.246. The van der Waals surface area contributed by atoms with Gasteiger partial charge in [0.2, 0.25) is 5.96 Å². The molecule has 12 heteroatoms. The van der Waals surface area contributed by atoms with Crippen molar-refractivity contribution in [1.82, 2.24) is 10.2 Å². The minimum absolute atomic E-state index is 0.0924. The van der Waals surface area contributed by atoms with Gasteiger partial charge >= 0.3 is 11.9 Å². The Morgan fingerprint density at radius 2 is 1.66 bits per heavy atom. The first-order valence-corrected chi connectivity index (χ1v) is 17.5. The molecule has 0 amide bonds. The number of nitrogens with one attached hydrogen (secondary N) is 1. The molecule has 2 aliphatic rings. The highest BCUT2D eigenvalue weighted by Gasteiger charge is 2.45. The van der Waals surface area contributed by atoms with Crippen LogP contribution in [-0.2, 0) is 30.9 Å². The van der Waals surface area contributed by atoms with Crippen LogP contribution in [0, 0.1) is 20.8 Å². The van der Waals surface area contributed by atoms with Crippen molar-refractivity contribution < 1.29 is 32.2 Å². The monoisotopic (exact) mass is 723 g/mol. The Balaban J connectivity index is 1.45. The first-order chi connectivity index (χ1) is 22.4. The largest absolute Gasteiger partial charge is 0.496 e. The van der Waals surface area contributed by atoms with E-state index in [4.69, 9.17) is 14.2 Å². The van der Waals surface area contributed by atoms with E-state index in [9.17, 15) is 18.0 Å². The number of halogens is 1. The molecule has 0 radical (unpaired) electrons. The lowest BCUT2D eigenvalue weighted by Crippen LogP contribution is -2.54. The second kappa shape index (κ2) is 14.3. The molecule has 248 valence electrons. The molecule has 1 saturated heterocycles. The zero-order chi connectivity index (χ0) is 33.9. The number of carbonyl (C=O) groups is 2. The Labute approximate surface area is 284 Å². The highest BCUT2D eigenvalue weighted by atomic mass is 79.9. The van der Waals surface area contributed by atoms with E-state index < -0.39 is 28.0 Å². The Morgan fingerprint density at radius 1 is 0.957 bits per heavy atom. The van der Waals surface area contributed by atoms with Crippen molar-refractivity contribution in [2.24, 2.45) is 4.40 Å². The predicted molar refractivity (Wildman–Crippen MR) is 182 cm³/mol. The number of hydrogen-bond donors (Lipinski definition) is 1. The van der Waals surface area contributed by atoms with Crippen molar-refractivity contribution in [2.75, 3.05) is 13.7 Å². The maximum atomic E-state index is 14.0. The van der Waals surface area contributed by atoms with E-state index in [0.717, 1.165) is 10.0 Å². The van der Waals surface area contributed by atoms with Gasteiger partial charge in [0.05, 0.1) is 35.8 Å². The normalized spacial score (nSPS) is 18.5. The summed E-state index contributed by atoms with van der Waals surface area (Å²) in [4.78, 5) is 28.2. The van der Waals surface area contributed by atoms with E-state index in [0.29, 0.717) is 58.5 Å². The average molecular weight is 725 g/mol. The van der Waals surface area contributed by atoms with Gasteiger partial charge < -0.3 is 24.4 Å². The zero-order valence-electron chi connectivity index (χ0n) is 27.0. The molecule has 0 aliphatic carbocycles. The standard InChI is InChI=1S/C35H38BrN3O7S/c1-21-19-30(44-5)22(2)23(3)32(21)47(42,43)38-35-37-24(4)31(34(41)46-20-25-9-7-6-8-10-25)29-16-15-28(39(29)35)17-18-45-33(40)26-11-13-27(36)14-12-26/h6-14,19,28-29H,15-18,20H2,1-5H3,(H,37,38)/t28-,29-/m0/s1. The molecule has 1 N–H and O–H groups in total. The number of methoxy groups -OCH3 is 1. The van der Waals surface area contributed by atoms with Crippen LogP contribution in [0.4, 0.5) is 0 Å². The van der Waals surface area contributed by atoms with Crippen molar-refractivity contribution in [3.63, 3.8) is 0 Å². The van der Waals surface area contributed by atoms with Gasteiger partial charge in [0.15, 0.2) is 0 Å². The van der Waals surface area contributed by atoms with Crippen LogP contribution in [0.2, 0.25) is 0 Å². The van der Waals surface area contributed by atoms with Crippen LogP contribution in [-0.4, -0.2) is 57.0 Å². The number of rotatable bonds is 10. The Morgan fingerprint density at radius 3 is 2.34 bits per heavy atom. The van der Waals surface area contributed by atoms with Crippen LogP contribution in [0.5, 0.6) is 5.75 Å². The number of carbonyl (C=O) groups excluding carboxylic acids is 2. The van der Waals surface area contributed by atoms with E-state index in [1.807, 2.05) is 35.2 Å². The van der Waals surface area contributed by atoms with Crippen LogP contribution in [0.3, 0.4) is 0 Å². The van der Waals surface area contributed by atoms with Gasteiger partial charge in [0.1, 0.15) is 12.4 Å². The van der Waals surface area contributed by atoms with Gasteiger partial charge in [-0.15, -0.1) is 4.40 Å². The van der Waals surface area contributed by atoms with E-state index >= 15 is 0 Å². The number of fused-ring (bicyclic) bond motifs is 1. The summed E-state index contributed by atoms with van der Waals surface area (Å²) in [5.41, 5.74) is 3.93. The number of esters is 2. The van der Waals surface area contributed by atoms with Crippen molar-refractivity contribution in [2.45, 2.75) is 70.5 Å². The highest BCUT2D eigenvalue weighted by molar-refractivity contribution is 9.10.